The Morgan fingerprint density at radius 2 is 2.29 bits per heavy atom. The van der Waals surface area contributed by atoms with Gasteiger partial charge in [-0.2, -0.15) is 0 Å². The van der Waals surface area contributed by atoms with Crippen LogP contribution in [-0.4, -0.2) is 36.4 Å². The van der Waals surface area contributed by atoms with Crippen molar-refractivity contribution in [2.45, 2.75) is 25.7 Å². The maximum absolute atomic E-state index is 12.8. The minimum absolute atomic E-state index is 0.167. The molecule has 0 spiro atoms. The predicted molar refractivity (Wildman–Crippen MR) is 49.0 cm³/mol. The molecule has 1 aliphatic rings. The van der Waals surface area contributed by atoms with Crippen molar-refractivity contribution in [3.8, 4) is 0 Å². The number of hydrogen-bond donors (Lipinski definition) is 1. The van der Waals surface area contributed by atoms with Crippen molar-refractivity contribution in [3.05, 3.63) is 0 Å². The van der Waals surface area contributed by atoms with Crippen LogP contribution in [0.4, 0.5) is 8.78 Å². The normalized spacial score (nSPS) is 22.4. The Morgan fingerprint density at radius 3 is 2.71 bits per heavy atom. The fourth-order valence-corrected chi connectivity index (χ4v) is 1.61. The molecule has 1 atom stereocenters. The Hall–Kier alpha value is -0.710. The first kappa shape index (κ1) is 11.4. The number of nitrogens with two attached hydrogens (primary N) is 1. The second-order valence-corrected chi connectivity index (χ2v) is 3.84. The summed E-state index contributed by atoms with van der Waals surface area (Å²) in [5.41, 5.74) is 5.30. The molecule has 1 fully saturated rings. The number of nitrogens with zero attached hydrogens (tertiary/aromatic N) is 1. The van der Waals surface area contributed by atoms with E-state index < -0.39 is 12.5 Å². The van der Waals surface area contributed by atoms with Gasteiger partial charge in [0.2, 0.25) is 5.91 Å². The number of rotatable bonds is 3. The number of alkyl halides is 2. The highest BCUT2D eigenvalue weighted by Crippen LogP contribution is 2.27. The van der Waals surface area contributed by atoms with Gasteiger partial charge in [-0.1, -0.05) is 6.92 Å². The lowest BCUT2D eigenvalue weighted by Gasteiger charge is -2.20. The lowest BCUT2D eigenvalue weighted by molar-refractivity contribution is -0.135. The largest absolute Gasteiger partial charge is 0.336 e. The summed E-state index contributed by atoms with van der Waals surface area (Å²) in [6.45, 7) is 1.88. The van der Waals surface area contributed by atoms with Crippen LogP contribution in [0.25, 0.3) is 0 Å². The Labute approximate surface area is 82.2 Å². The minimum Gasteiger partial charge on any atom is -0.336 e. The summed E-state index contributed by atoms with van der Waals surface area (Å²) in [7, 11) is 0. The first-order chi connectivity index (χ1) is 6.46. The first-order valence-electron chi connectivity index (χ1n) is 4.83. The number of carbonyl (C=O) groups excluding carboxylic acids is 1. The molecular weight excluding hydrogens is 190 g/mol. The monoisotopic (exact) mass is 206 g/mol. The fraction of sp³-hybridized carbons (Fsp3) is 0.889. The van der Waals surface area contributed by atoms with Gasteiger partial charge >= 0.3 is 0 Å². The van der Waals surface area contributed by atoms with Gasteiger partial charge in [0.05, 0.1) is 6.54 Å². The van der Waals surface area contributed by atoms with Gasteiger partial charge in [0, 0.05) is 18.9 Å². The lowest BCUT2D eigenvalue weighted by atomic mass is 10.1. The highest BCUT2D eigenvalue weighted by Gasteiger charge is 2.40. The summed E-state index contributed by atoms with van der Waals surface area (Å²) in [5.74, 6) is -3.14. The van der Waals surface area contributed by atoms with Gasteiger partial charge in [-0.3, -0.25) is 4.79 Å². The van der Waals surface area contributed by atoms with Crippen LogP contribution in [0.1, 0.15) is 19.8 Å². The summed E-state index contributed by atoms with van der Waals surface area (Å²) >= 11 is 0. The van der Waals surface area contributed by atoms with Crippen LogP contribution >= 0.6 is 0 Å². The van der Waals surface area contributed by atoms with E-state index in [1.54, 1.807) is 6.92 Å². The zero-order valence-corrected chi connectivity index (χ0v) is 8.30. The van der Waals surface area contributed by atoms with Crippen molar-refractivity contribution >= 4 is 5.91 Å². The Balaban J connectivity index is 2.47. The van der Waals surface area contributed by atoms with Crippen LogP contribution in [0.15, 0.2) is 0 Å². The van der Waals surface area contributed by atoms with Crippen molar-refractivity contribution in [1.82, 2.24) is 4.90 Å². The zero-order chi connectivity index (χ0) is 10.8. The van der Waals surface area contributed by atoms with Crippen molar-refractivity contribution in [1.29, 1.82) is 0 Å². The summed E-state index contributed by atoms with van der Waals surface area (Å²) in [6.07, 6.45) is 0.342. The molecule has 5 heteroatoms. The van der Waals surface area contributed by atoms with E-state index in [9.17, 15) is 13.6 Å². The average Bonchev–Trinajstić information content (AvgIpc) is 2.45. The summed E-state index contributed by atoms with van der Waals surface area (Å²) in [6, 6.07) is 0. The molecule has 1 amide bonds. The maximum Gasteiger partial charge on any atom is 0.267 e. The maximum atomic E-state index is 12.8. The van der Waals surface area contributed by atoms with Crippen LogP contribution < -0.4 is 5.73 Å². The first-order valence-corrected chi connectivity index (χ1v) is 4.83. The highest BCUT2D eigenvalue weighted by atomic mass is 19.3. The highest BCUT2D eigenvalue weighted by molar-refractivity contribution is 5.78. The van der Waals surface area contributed by atoms with E-state index in [1.807, 2.05) is 0 Å². The Kier molecular flexibility index (Phi) is 3.42. The molecule has 1 rings (SSSR count). The number of halogens is 2. The van der Waals surface area contributed by atoms with Crippen LogP contribution in [0.3, 0.4) is 0 Å². The summed E-state index contributed by atoms with van der Waals surface area (Å²) in [5, 5.41) is 0. The Bertz CT molecular complexity index is 221. The number of carbonyl (C=O) groups is 1. The van der Waals surface area contributed by atoms with E-state index in [1.165, 1.54) is 4.90 Å². The van der Waals surface area contributed by atoms with Crippen LogP contribution in [0, 0.1) is 5.92 Å². The predicted octanol–water partition coefficient (Wildman–Crippen LogP) is 0.839. The molecule has 3 nitrogen and oxygen atoms in total. The molecule has 1 heterocycles. The minimum atomic E-state index is -2.70. The SMILES string of the molecule is CC(CCN)C(=O)N1CCC(F)(F)C1. The van der Waals surface area contributed by atoms with E-state index in [-0.39, 0.29) is 24.8 Å². The van der Waals surface area contributed by atoms with Gasteiger partial charge in [-0.05, 0) is 13.0 Å². The molecule has 0 saturated carbocycles. The van der Waals surface area contributed by atoms with Crippen molar-refractivity contribution in [2.24, 2.45) is 11.7 Å². The molecule has 82 valence electrons. The molecule has 0 aliphatic carbocycles. The molecule has 1 saturated heterocycles. The molecule has 2 N–H and O–H groups in total. The van der Waals surface area contributed by atoms with E-state index in [0.717, 1.165) is 0 Å². The molecule has 0 aromatic carbocycles. The molecule has 0 bridgehead atoms. The van der Waals surface area contributed by atoms with E-state index in [4.69, 9.17) is 5.73 Å². The molecule has 14 heavy (non-hydrogen) atoms. The number of amides is 1. The molecule has 1 aliphatic heterocycles. The third-order valence-corrected chi connectivity index (χ3v) is 2.50. The van der Waals surface area contributed by atoms with Crippen molar-refractivity contribution in [3.63, 3.8) is 0 Å². The van der Waals surface area contributed by atoms with Gasteiger partial charge in [0.1, 0.15) is 0 Å². The third kappa shape index (κ3) is 2.64. The quantitative estimate of drug-likeness (QED) is 0.743. The van der Waals surface area contributed by atoms with Gasteiger partial charge < -0.3 is 10.6 Å². The fourth-order valence-electron chi connectivity index (χ4n) is 1.61. The molecule has 1 unspecified atom stereocenters. The molecule has 0 aromatic heterocycles. The van der Waals surface area contributed by atoms with Crippen molar-refractivity contribution < 1.29 is 13.6 Å². The summed E-state index contributed by atoms with van der Waals surface area (Å²) < 4.78 is 25.6. The van der Waals surface area contributed by atoms with Gasteiger partial charge in [-0.15, -0.1) is 0 Å². The molecule has 0 aromatic rings. The number of hydrogen-bond acceptors (Lipinski definition) is 2. The van der Waals surface area contributed by atoms with Crippen LogP contribution in [0.2, 0.25) is 0 Å². The Morgan fingerprint density at radius 1 is 1.64 bits per heavy atom. The molecule has 0 radical (unpaired) electrons. The second kappa shape index (κ2) is 4.21. The van der Waals surface area contributed by atoms with Crippen LogP contribution in [-0.2, 0) is 4.79 Å². The van der Waals surface area contributed by atoms with Gasteiger partial charge in [-0.25, -0.2) is 8.78 Å². The third-order valence-electron chi connectivity index (χ3n) is 2.50. The van der Waals surface area contributed by atoms with E-state index in [0.29, 0.717) is 13.0 Å². The standard InChI is InChI=1S/C9H16F2N2O/c1-7(2-4-12)8(14)13-5-3-9(10,11)6-13/h7H,2-6,12H2,1H3. The van der Waals surface area contributed by atoms with E-state index in [2.05, 4.69) is 0 Å². The zero-order valence-electron chi connectivity index (χ0n) is 8.30. The summed E-state index contributed by atoms with van der Waals surface area (Å²) in [4.78, 5) is 12.8. The van der Waals surface area contributed by atoms with Gasteiger partial charge in [0.25, 0.3) is 5.92 Å². The smallest absolute Gasteiger partial charge is 0.267 e. The number of likely N-dealkylation sites (tertiary alicyclic amines) is 1. The average molecular weight is 206 g/mol. The second-order valence-electron chi connectivity index (χ2n) is 3.84. The van der Waals surface area contributed by atoms with E-state index >= 15 is 0 Å². The van der Waals surface area contributed by atoms with Gasteiger partial charge in [0.15, 0.2) is 0 Å². The van der Waals surface area contributed by atoms with Crippen LogP contribution in [0.5, 0.6) is 0 Å². The lowest BCUT2D eigenvalue weighted by Crippen LogP contribution is -2.35. The van der Waals surface area contributed by atoms with Crippen molar-refractivity contribution in [2.75, 3.05) is 19.6 Å². The molecular formula is C9H16F2N2O. The topological polar surface area (TPSA) is 46.3 Å².